The van der Waals surface area contributed by atoms with E-state index in [1.54, 1.807) is 6.92 Å². The molecule has 6 nitrogen and oxygen atoms in total. The molecule has 1 aromatic heterocycles. The van der Waals surface area contributed by atoms with E-state index in [9.17, 15) is 19.1 Å². The lowest BCUT2D eigenvalue weighted by molar-refractivity contribution is -0.147. The number of nitrogens with zero attached hydrogens (tertiary/aromatic N) is 2. The summed E-state index contributed by atoms with van der Waals surface area (Å²) in [6.07, 6.45) is 1.54. The predicted octanol–water partition coefficient (Wildman–Crippen LogP) is 2.42. The smallest absolute Gasteiger partial charge is 0.311 e. The molecule has 2 heterocycles. The van der Waals surface area contributed by atoms with Crippen molar-refractivity contribution < 1.29 is 23.5 Å². The fourth-order valence-corrected chi connectivity index (χ4v) is 2.66. The van der Waals surface area contributed by atoms with Gasteiger partial charge < -0.3 is 14.4 Å². The Morgan fingerprint density at radius 1 is 1.35 bits per heavy atom. The van der Waals surface area contributed by atoms with Gasteiger partial charge in [0.1, 0.15) is 5.82 Å². The van der Waals surface area contributed by atoms with E-state index < -0.39 is 17.2 Å². The van der Waals surface area contributed by atoms with Crippen LogP contribution in [0.4, 0.5) is 4.39 Å². The number of carboxylic acid groups (broad SMARTS) is 1. The number of halogens is 1. The van der Waals surface area contributed by atoms with Crippen LogP contribution >= 0.6 is 0 Å². The molecule has 3 rings (SSSR count). The molecule has 0 bridgehead atoms. The van der Waals surface area contributed by atoms with Gasteiger partial charge in [0, 0.05) is 18.7 Å². The minimum Gasteiger partial charge on any atom is -0.481 e. The first-order valence-electron chi connectivity index (χ1n) is 7.13. The number of likely N-dealkylation sites (tertiary alicyclic amines) is 1. The molecule has 1 amide bonds. The summed E-state index contributed by atoms with van der Waals surface area (Å²) in [6, 6.07) is 5.53. The minimum absolute atomic E-state index is 0.103. The molecule has 1 aliphatic heterocycles. The Balaban J connectivity index is 1.86. The number of amides is 1. The van der Waals surface area contributed by atoms with E-state index in [0.717, 1.165) is 6.39 Å². The van der Waals surface area contributed by atoms with Crippen molar-refractivity contribution in [2.45, 2.75) is 13.3 Å². The topological polar surface area (TPSA) is 83.6 Å². The van der Waals surface area contributed by atoms with Gasteiger partial charge in [0.15, 0.2) is 17.8 Å². The monoisotopic (exact) mass is 318 g/mol. The standard InChI is InChI=1S/C16H15FN2O4/c1-16(15(21)22)6-7-19(8-16)14(20)12-13(23-9-18-12)10-2-4-11(17)5-3-10/h2-5,9H,6-8H2,1H3,(H,21,22). The highest BCUT2D eigenvalue weighted by Gasteiger charge is 2.43. The van der Waals surface area contributed by atoms with E-state index in [0.29, 0.717) is 18.5 Å². The van der Waals surface area contributed by atoms with Crippen LogP contribution in [0, 0.1) is 11.2 Å². The van der Waals surface area contributed by atoms with Gasteiger partial charge in [0.25, 0.3) is 5.91 Å². The van der Waals surface area contributed by atoms with E-state index in [4.69, 9.17) is 4.42 Å². The second-order valence-corrected chi connectivity index (χ2v) is 5.88. The molecule has 1 fully saturated rings. The molecule has 7 heteroatoms. The Morgan fingerprint density at radius 3 is 2.65 bits per heavy atom. The van der Waals surface area contributed by atoms with Crippen LogP contribution in [-0.2, 0) is 4.79 Å². The molecule has 2 aromatic rings. The second kappa shape index (κ2) is 5.49. The third-order valence-corrected chi connectivity index (χ3v) is 4.15. The summed E-state index contributed by atoms with van der Waals surface area (Å²) in [6.45, 7) is 2.08. The number of aliphatic carboxylic acids is 1. The maximum Gasteiger partial charge on any atom is 0.311 e. The Morgan fingerprint density at radius 2 is 2.04 bits per heavy atom. The molecule has 1 saturated heterocycles. The lowest BCUT2D eigenvalue weighted by Crippen LogP contribution is -2.35. The molecule has 1 N–H and O–H groups in total. The normalized spacial score (nSPS) is 20.7. The molecular weight excluding hydrogens is 303 g/mol. The lowest BCUT2D eigenvalue weighted by Gasteiger charge is -2.19. The molecule has 0 spiro atoms. The van der Waals surface area contributed by atoms with Gasteiger partial charge in [-0.1, -0.05) is 0 Å². The van der Waals surface area contributed by atoms with Crippen molar-refractivity contribution in [2.24, 2.45) is 5.41 Å². The molecule has 0 aliphatic carbocycles. The third-order valence-electron chi connectivity index (χ3n) is 4.15. The zero-order chi connectivity index (χ0) is 16.6. The van der Waals surface area contributed by atoms with Crippen molar-refractivity contribution in [3.05, 3.63) is 42.2 Å². The maximum atomic E-state index is 13.0. The Bertz CT molecular complexity index is 756. The number of hydrogen-bond acceptors (Lipinski definition) is 4. The van der Waals surface area contributed by atoms with Gasteiger partial charge in [-0.05, 0) is 37.6 Å². The van der Waals surface area contributed by atoms with Gasteiger partial charge in [-0.25, -0.2) is 9.37 Å². The summed E-state index contributed by atoms with van der Waals surface area (Å²) in [7, 11) is 0. The number of carbonyl (C=O) groups is 2. The Kier molecular flexibility index (Phi) is 3.63. The van der Waals surface area contributed by atoms with Crippen LogP contribution in [0.1, 0.15) is 23.8 Å². The minimum atomic E-state index is -0.949. The number of aromatic nitrogens is 1. The molecule has 1 unspecified atom stereocenters. The number of carbonyl (C=O) groups excluding carboxylic acids is 1. The van der Waals surface area contributed by atoms with Crippen LogP contribution in [-0.4, -0.2) is 40.0 Å². The summed E-state index contributed by atoms with van der Waals surface area (Å²) in [5.74, 6) is -1.45. The van der Waals surface area contributed by atoms with Gasteiger partial charge in [0.2, 0.25) is 0 Å². The highest BCUT2D eigenvalue weighted by atomic mass is 19.1. The van der Waals surface area contributed by atoms with Crippen LogP contribution in [0.25, 0.3) is 11.3 Å². The quantitative estimate of drug-likeness (QED) is 0.939. The van der Waals surface area contributed by atoms with E-state index >= 15 is 0 Å². The van der Waals surface area contributed by atoms with Crippen molar-refractivity contribution in [3.8, 4) is 11.3 Å². The van der Waals surface area contributed by atoms with Gasteiger partial charge in [0.05, 0.1) is 5.41 Å². The highest BCUT2D eigenvalue weighted by molar-refractivity contribution is 5.98. The summed E-state index contributed by atoms with van der Waals surface area (Å²) in [5, 5.41) is 9.25. The van der Waals surface area contributed by atoms with Crippen molar-refractivity contribution in [1.82, 2.24) is 9.88 Å². The number of hydrogen-bond donors (Lipinski definition) is 1. The van der Waals surface area contributed by atoms with E-state index in [-0.39, 0.29) is 23.9 Å². The lowest BCUT2D eigenvalue weighted by atomic mass is 9.90. The van der Waals surface area contributed by atoms with Crippen LogP contribution in [0.2, 0.25) is 0 Å². The zero-order valence-electron chi connectivity index (χ0n) is 12.5. The largest absolute Gasteiger partial charge is 0.481 e. The Hall–Kier alpha value is -2.70. The first kappa shape index (κ1) is 15.2. The van der Waals surface area contributed by atoms with Crippen LogP contribution < -0.4 is 0 Å². The number of benzene rings is 1. The number of carboxylic acids is 1. The van der Waals surface area contributed by atoms with Crippen LogP contribution in [0.3, 0.4) is 0 Å². The average molecular weight is 318 g/mol. The molecule has 120 valence electrons. The molecule has 23 heavy (non-hydrogen) atoms. The summed E-state index contributed by atoms with van der Waals surface area (Å²) >= 11 is 0. The molecule has 0 saturated carbocycles. The van der Waals surface area contributed by atoms with Gasteiger partial charge in [-0.15, -0.1) is 0 Å². The molecule has 1 aliphatic rings. The number of rotatable bonds is 3. The number of oxazole rings is 1. The van der Waals surface area contributed by atoms with Gasteiger partial charge >= 0.3 is 5.97 Å². The molecular formula is C16H15FN2O4. The maximum absolute atomic E-state index is 13.0. The van der Waals surface area contributed by atoms with Crippen molar-refractivity contribution in [2.75, 3.05) is 13.1 Å². The van der Waals surface area contributed by atoms with E-state index in [1.807, 2.05) is 0 Å². The van der Waals surface area contributed by atoms with Gasteiger partial charge in [-0.2, -0.15) is 0 Å². The molecule has 1 aromatic carbocycles. The Labute approximate surface area is 131 Å². The third kappa shape index (κ3) is 2.69. The first-order chi connectivity index (χ1) is 10.9. The van der Waals surface area contributed by atoms with Crippen LogP contribution in [0.15, 0.2) is 35.1 Å². The van der Waals surface area contributed by atoms with Crippen molar-refractivity contribution in [3.63, 3.8) is 0 Å². The fourth-order valence-electron chi connectivity index (χ4n) is 2.66. The SMILES string of the molecule is CC1(C(=O)O)CCN(C(=O)c2ncoc2-c2ccc(F)cc2)C1. The summed E-state index contributed by atoms with van der Waals surface area (Å²) in [5.41, 5.74) is -0.311. The van der Waals surface area contributed by atoms with Gasteiger partial charge in [-0.3, -0.25) is 9.59 Å². The summed E-state index contributed by atoms with van der Waals surface area (Å²) < 4.78 is 18.3. The first-order valence-corrected chi connectivity index (χ1v) is 7.13. The van der Waals surface area contributed by atoms with Crippen LogP contribution in [0.5, 0.6) is 0 Å². The zero-order valence-corrected chi connectivity index (χ0v) is 12.5. The van der Waals surface area contributed by atoms with E-state index in [1.165, 1.54) is 29.2 Å². The highest BCUT2D eigenvalue weighted by Crippen LogP contribution is 2.32. The van der Waals surface area contributed by atoms with Crippen molar-refractivity contribution in [1.29, 1.82) is 0 Å². The molecule has 1 atom stereocenters. The molecule has 0 radical (unpaired) electrons. The van der Waals surface area contributed by atoms with E-state index in [2.05, 4.69) is 4.98 Å². The fraction of sp³-hybridized carbons (Fsp3) is 0.312. The second-order valence-electron chi connectivity index (χ2n) is 5.88. The summed E-state index contributed by atoms with van der Waals surface area (Å²) in [4.78, 5) is 29.3. The van der Waals surface area contributed by atoms with Crippen molar-refractivity contribution >= 4 is 11.9 Å². The average Bonchev–Trinajstić information content (AvgIpc) is 3.15. The predicted molar refractivity (Wildman–Crippen MR) is 78.2 cm³/mol.